The number of nitrogens with one attached hydrogen (secondary N) is 1. The molecule has 0 spiro atoms. The van der Waals surface area contributed by atoms with Gasteiger partial charge in [0.2, 0.25) is 0 Å². The van der Waals surface area contributed by atoms with Crippen LogP contribution < -0.4 is 5.32 Å². The van der Waals surface area contributed by atoms with Gasteiger partial charge in [-0.25, -0.2) is 4.98 Å². The van der Waals surface area contributed by atoms with E-state index >= 15 is 0 Å². The summed E-state index contributed by atoms with van der Waals surface area (Å²) in [5.41, 5.74) is 3.09. The molecule has 1 aromatic heterocycles. The van der Waals surface area contributed by atoms with E-state index in [2.05, 4.69) is 23.3 Å². The molecule has 1 N–H and O–H groups in total. The standard InChI is InChI=1S/C17H23N3/c1-2-18-17(13-8-4-3-5-9-13)16-12-19-14-10-6-7-11-15(14)20-16/h6-7,10-13,17-18H,2-5,8-9H2,1H3. The Labute approximate surface area is 120 Å². The molecule has 3 rings (SSSR count). The number of rotatable bonds is 4. The molecule has 1 aromatic carbocycles. The molecule has 2 aromatic rings. The highest BCUT2D eigenvalue weighted by Crippen LogP contribution is 2.33. The quantitative estimate of drug-likeness (QED) is 0.915. The number of benzene rings is 1. The molecule has 3 heteroatoms. The summed E-state index contributed by atoms with van der Waals surface area (Å²) in [6, 6.07) is 8.48. The van der Waals surface area contributed by atoms with Crippen LogP contribution in [-0.4, -0.2) is 16.5 Å². The van der Waals surface area contributed by atoms with Gasteiger partial charge >= 0.3 is 0 Å². The van der Waals surface area contributed by atoms with E-state index in [1.807, 2.05) is 24.4 Å². The van der Waals surface area contributed by atoms with Gasteiger partial charge in [0.05, 0.1) is 29.0 Å². The topological polar surface area (TPSA) is 37.8 Å². The van der Waals surface area contributed by atoms with E-state index in [9.17, 15) is 0 Å². The molecule has 20 heavy (non-hydrogen) atoms. The van der Waals surface area contributed by atoms with Gasteiger partial charge < -0.3 is 5.32 Å². The van der Waals surface area contributed by atoms with E-state index < -0.39 is 0 Å². The maximum Gasteiger partial charge on any atom is 0.0890 e. The first-order valence-corrected chi connectivity index (χ1v) is 7.83. The summed E-state index contributed by atoms with van der Waals surface area (Å²) in [7, 11) is 0. The fourth-order valence-electron chi connectivity index (χ4n) is 3.32. The summed E-state index contributed by atoms with van der Waals surface area (Å²) >= 11 is 0. The van der Waals surface area contributed by atoms with Crippen molar-refractivity contribution in [3.63, 3.8) is 0 Å². The Hall–Kier alpha value is -1.48. The summed E-state index contributed by atoms with van der Waals surface area (Å²) in [4.78, 5) is 9.42. The Balaban J connectivity index is 1.91. The Morgan fingerprint density at radius 1 is 1.15 bits per heavy atom. The monoisotopic (exact) mass is 269 g/mol. The Morgan fingerprint density at radius 2 is 1.90 bits per heavy atom. The number of fused-ring (bicyclic) bond motifs is 1. The van der Waals surface area contributed by atoms with Gasteiger partial charge in [-0.15, -0.1) is 0 Å². The van der Waals surface area contributed by atoms with Crippen molar-refractivity contribution in [3.05, 3.63) is 36.2 Å². The highest BCUT2D eigenvalue weighted by molar-refractivity contribution is 5.73. The second-order valence-corrected chi connectivity index (χ2v) is 5.72. The smallest absolute Gasteiger partial charge is 0.0890 e. The largest absolute Gasteiger partial charge is 0.309 e. The van der Waals surface area contributed by atoms with Crippen LogP contribution in [0.25, 0.3) is 11.0 Å². The lowest BCUT2D eigenvalue weighted by atomic mass is 9.82. The second kappa shape index (κ2) is 6.31. The highest BCUT2D eigenvalue weighted by atomic mass is 15.0. The maximum atomic E-state index is 4.84. The van der Waals surface area contributed by atoms with E-state index in [1.165, 1.54) is 32.1 Å². The molecular formula is C17H23N3. The Kier molecular flexibility index (Phi) is 4.26. The van der Waals surface area contributed by atoms with Crippen molar-refractivity contribution in [3.8, 4) is 0 Å². The van der Waals surface area contributed by atoms with Crippen LogP contribution >= 0.6 is 0 Å². The van der Waals surface area contributed by atoms with Crippen LogP contribution in [0.2, 0.25) is 0 Å². The van der Waals surface area contributed by atoms with Gasteiger partial charge in [0.25, 0.3) is 0 Å². The summed E-state index contributed by atoms with van der Waals surface area (Å²) in [6.45, 7) is 3.15. The van der Waals surface area contributed by atoms with Crippen LogP contribution in [0.15, 0.2) is 30.5 Å². The van der Waals surface area contributed by atoms with Crippen molar-refractivity contribution in [1.82, 2.24) is 15.3 Å². The molecule has 1 saturated carbocycles. The van der Waals surface area contributed by atoms with Crippen LogP contribution in [0, 0.1) is 5.92 Å². The minimum absolute atomic E-state index is 0.359. The van der Waals surface area contributed by atoms with Crippen LogP contribution in [0.3, 0.4) is 0 Å². The van der Waals surface area contributed by atoms with Gasteiger partial charge in [-0.2, -0.15) is 0 Å². The lowest BCUT2D eigenvalue weighted by molar-refractivity contribution is 0.270. The minimum Gasteiger partial charge on any atom is -0.309 e. The maximum absolute atomic E-state index is 4.84. The molecule has 1 fully saturated rings. The average Bonchev–Trinajstić information content (AvgIpc) is 2.53. The molecule has 1 atom stereocenters. The molecule has 1 aliphatic rings. The Morgan fingerprint density at radius 3 is 2.65 bits per heavy atom. The predicted octanol–water partition coefficient (Wildman–Crippen LogP) is 3.86. The summed E-state index contributed by atoms with van der Waals surface area (Å²) in [5, 5.41) is 3.63. The lowest BCUT2D eigenvalue weighted by Gasteiger charge is -2.30. The van der Waals surface area contributed by atoms with Crippen molar-refractivity contribution in [2.45, 2.75) is 45.1 Å². The zero-order valence-corrected chi connectivity index (χ0v) is 12.2. The summed E-state index contributed by atoms with van der Waals surface area (Å²) in [6.07, 6.45) is 8.68. The van der Waals surface area contributed by atoms with E-state index in [0.29, 0.717) is 12.0 Å². The fraction of sp³-hybridized carbons (Fsp3) is 0.529. The third kappa shape index (κ3) is 2.83. The number of para-hydroxylation sites is 2. The van der Waals surface area contributed by atoms with E-state index in [-0.39, 0.29) is 0 Å². The van der Waals surface area contributed by atoms with Crippen molar-refractivity contribution in [1.29, 1.82) is 0 Å². The summed E-state index contributed by atoms with van der Waals surface area (Å²) < 4.78 is 0. The average molecular weight is 269 g/mol. The fourth-order valence-corrected chi connectivity index (χ4v) is 3.32. The summed E-state index contributed by atoms with van der Waals surface area (Å²) in [5.74, 6) is 0.708. The molecule has 1 heterocycles. The van der Waals surface area contributed by atoms with Crippen molar-refractivity contribution < 1.29 is 0 Å². The van der Waals surface area contributed by atoms with Gasteiger partial charge in [-0.05, 0) is 37.4 Å². The van der Waals surface area contributed by atoms with E-state index in [4.69, 9.17) is 4.98 Å². The number of hydrogen-bond acceptors (Lipinski definition) is 3. The number of aromatic nitrogens is 2. The molecule has 0 radical (unpaired) electrons. The molecular weight excluding hydrogens is 246 g/mol. The zero-order valence-electron chi connectivity index (χ0n) is 12.2. The SMILES string of the molecule is CCNC(c1cnc2ccccc2n1)C1CCCCC1. The normalized spacial score (nSPS) is 18.2. The van der Waals surface area contributed by atoms with Crippen molar-refractivity contribution >= 4 is 11.0 Å². The van der Waals surface area contributed by atoms with Crippen molar-refractivity contribution in [2.75, 3.05) is 6.54 Å². The van der Waals surface area contributed by atoms with Crippen molar-refractivity contribution in [2.24, 2.45) is 5.92 Å². The first kappa shape index (κ1) is 13.5. The predicted molar refractivity (Wildman–Crippen MR) is 82.5 cm³/mol. The molecule has 0 amide bonds. The second-order valence-electron chi connectivity index (χ2n) is 5.72. The number of hydrogen-bond donors (Lipinski definition) is 1. The first-order valence-electron chi connectivity index (χ1n) is 7.83. The van der Waals surface area contributed by atoms with Crippen LogP contribution in [-0.2, 0) is 0 Å². The molecule has 0 saturated heterocycles. The highest BCUT2D eigenvalue weighted by Gasteiger charge is 2.25. The molecule has 1 aliphatic carbocycles. The van der Waals surface area contributed by atoms with Crippen LogP contribution in [0.1, 0.15) is 50.8 Å². The van der Waals surface area contributed by atoms with Gasteiger partial charge in [0.15, 0.2) is 0 Å². The first-order chi connectivity index (χ1) is 9.88. The zero-order chi connectivity index (χ0) is 13.8. The molecule has 3 nitrogen and oxygen atoms in total. The third-order valence-corrected chi connectivity index (χ3v) is 4.33. The Bertz CT molecular complexity index is 561. The molecule has 0 bridgehead atoms. The van der Waals surface area contributed by atoms with E-state index in [1.54, 1.807) is 0 Å². The lowest BCUT2D eigenvalue weighted by Crippen LogP contribution is -2.30. The van der Waals surface area contributed by atoms with Gasteiger partial charge in [-0.1, -0.05) is 38.3 Å². The molecule has 0 aliphatic heterocycles. The van der Waals surface area contributed by atoms with Crippen LogP contribution in [0.5, 0.6) is 0 Å². The minimum atomic E-state index is 0.359. The number of nitrogens with zero attached hydrogens (tertiary/aromatic N) is 2. The van der Waals surface area contributed by atoms with Crippen LogP contribution in [0.4, 0.5) is 0 Å². The van der Waals surface area contributed by atoms with E-state index in [0.717, 1.165) is 23.3 Å². The van der Waals surface area contributed by atoms with Gasteiger partial charge in [0, 0.05) is 0 Å². The molecule has 1 unspecified atom stereocenters. The molecule has 106 valence electrons. The van der Waals surface area contributed by atoms with Gasteiger partial charge in [-0.3, -0.25) is 4.98 Å². The third-order valence-electron chi connectivity index (χ3n) is 4.33. The van der Waals surface area contributed by atoms with Gasteiger partial charge in [0.1, 0.15) is 0 Å².